The molecule has 2 heterocycles. The lowest BCUT2D eigenvalue weighted by Gasteiger charge is -2.25. The fourth-order valence-electron chi connectivity index (χ4n) is 2.79. The molecule has 0 spiro atoms. The van der Waals surface area contributed by atoms with Crippen LogP contribution in [-0.2, 0) is 27.7 Å². The van der Waals surface area contributed by atoms with Crippen LogP contribution in [0.2, 0.25) is 0 Å². The van der Waals surface area contributed by atoms with Gasteiger partial charge >= 0.3 is 0 Å². The number of benzene rings is 1. The number of hydrogen-bond donors (Lipinski definition) is 2. The van der Waals surface area contributed by atoms with Crippen molar-refractivity contribution in [3.05, 3.63) is 60.2 Å². The van der Waals surface area contributed by atoms with Crippen LogP contribution < -0.4 is 10.2 Å². The second kappa shape index (κ2) is 9.23. The van der Waals surface area contributed by atoms with E-state index in [1.54, 1.807) is 42.7 Å². The molecule has 0 bridgehead atoms. The van der Waals surface area contributed by atoms with Gasteiger partial charge in [-0.3, -0.25) is 15.0 Å². The van der Waals surface area contributed by atoms with Crippen molar-refractivity contribution in [1.82, 2.24) is 20.6 Å². The van der Waals surface area contributed by atoms with Crippen LogP contribution in [0.4, 0.5) is 0 Å². The third-order valence-corrected chi connectivity index (χ3v) is 6.99. The average molecular weight is 446 g/mol. The number of nitrogens with one attached hydrogen (secondary N) is 1. The maximum absolute atomic E-state index is 12.0. The second-order valence-electron chi connectivity index (χ2n) is 7.13. The molecule has 1 atom stereocenters. The third kappa shape index (κ3) is 5.25. The Labute approximate surface area is 179 Å². The summed E-state index contributed by atoms with van der Waals surface area (Å²) in [5, 5.41) is 12.8. The Kier molecular flexibility index (Phi) is 6.66. The molecule has 1 aromatic carbocycles. The van der Waals surface area contributed by atoms with Crippen LogP contribution in [0, 0.1) is 0 Å². The number of rotatable bonds is 9. The SMILES string of the molecule is CC(CCc1ccc(OCc2nc(-c3cccnc3)no2)cc1)(C(=O)NO)S(C)(=O)=O. The second-order valence-corrected chi connectivity index (χ2v) is 9.58. The molecule has 0 aliphatic carbocycles. The van der Waals surface area contributed by atoms with Gasteiger partial charge in [0.2, 0.25) is 5.82 Å². The highest BCUT2D eigenvalue weighted by Crippen LogP contribution is 2.24. The van der Waals surface area contributed by atoms with Gasteiger partial charge in [0.1, 0.15) is 10.5 Å². The molecule has 10 nitrogen and oxygen atoms in total. The molecule has 11 heteroatoms. The first kappa shape index (κ1) is 22.4. The maximum Gasteiger partial charge on any atom is 0.264 e. The van der Waals surface area contributed by atoms with Gasteiger partial charge in [-0.2, -0.15) is 4.98 Å². The Morgan fingerprint density at radius 3 is 2.61 bits per heavy atom. The van der Waals surface area contributed by atoms with E-state index >= 15 is 0 Å². The first-order valence-electron chi connectivity index (χ1n) is 9.32. The van der Waals surface area contributed by atoms with Gasteiger partial charge in [-0.05, 0) is 49.6 Å². The van der Waals surface area contributed by atoms with Crippen LogP contribution in [0.25, 0.3) is 11.4 Å². The maximum atomic E-state index is 12.0. The Bertz CT molecular complexity index is 1130. The predicted molar refractivity (Wildman–Crippen MR) is 110 cm³/mol. The molecule has 0 saturated heterocycles. The summed E-state index contributed by atoms with van der Waals surface area (Å²) in [7, 11) is -3.74. The number of ether oxygens (including phenoxy) is 1. The molecule has 164 valence electrons. The molecule has 1 unspecified atom stereocenters. The summed E-state index contributed by atoms with van der Waals surface area (Å²) in [6.07, 6.45) is 4.58. The van der Waals surface area contributed by atoms with Gasteiger partial charge in [0.05, 0.1) is 0 Å². The fourth-order valence-corrected chi connectivity index (χ4v) is 3.65. The standard InChI is InChI=1S/C20H22N4O6S/c1-20(19(25)23-26,31(2,27)28)10-9-14-5-7-16(8-6-14)29-13-17-22-18(24-30-17)15-4-3-11-21-12-15/h3-8,11-12,26H,9-10,13H2,1-2H3,(H,23,25). The van der Waals surface area contributed by atoms with Gasteiger partial charge in [0.25, 0.3) is 11.8 Å². The minimum Gasteiger partial charge on any atom is -0.484 e. The van der Waals surface area contributed by atoms with E-state index in [1.807, 2.05) is 6.07 Å². The molecule has 3 aromatic rings. The molecule has 0 aliphatic rings. The number of amides is 1. The quantitative estimate of drug-likeness (QED) is 0.372. The third-order valence-electron chi connectivity index (χ3n) is 4.96. The highest BCUT2D eigenvalue weighted by atomic mass is 32.2. The lowest BCUT2D eigenvalue weighted by molar-refractivity contribution is -0.131. The van der Waals surface area contributed by atoms with Gasteiger partial charge in [-0.1, -0.05) is 17.3 Å². The number of hydroxylamine groups is 1. The molecule has 0 saturated carbocycles. The number of sulfone groups is 1. The summed E-state index contributed by atoms with van der Waals surface area (Å²) < 4.78 is 33.1. The van der Waals surface area contributed by atoms with Crippen molar-refractivity contribution in [2.75, 3.05) is 6.26 Å². The van der Waals surface area contributed by atoms with E-state index in [2.05, 4.69) is 15.1 Å². The van der Waals surface area contributed by atoms with Gasteiger partial charge in [0.15, 0.2) is 16.4 Å². The van der Waals surface area contributed by atoms with Crippen molar-refractivity contribution in [3.8, 4) is 17.1 Å². The number of aryl methyl sites for hydroxylation is 1. The van der Waals surface area contributed by atoms with Crippen LogP contribution in [0.1, 0.15) is 24.8 Å². The lowest BCUT2D eigenvalue weighted by atomic mass is 9.99. The molecule has 2 aromatic heterocycles. The van der Waals surface area contributed by atoms with E-state index in [1.165, 1.54) is 12.4 Å². The monoisotopic (exact) mass is 446 g/mol. The highest BCUT2D eigenvalue weighted by molar-refractivity contribution is 7.92. The molecule has 1 amide bonds. The first-order chi connectivity index (χ1) is 14.7. The molecular weight excluding hydrogens is 424 g/mol. The number of hydrogen-bond acceptors (Lipinski definition) is 9. The normalized spacial score (nSPS) is 13.4. The Morgan fingerprint density at radius 1 is 1.26 bits per heavy atom. The van der Waals surface area contributed by atoms with Gasteiger partial charge in [-0.25, -0.2) is 13.9 Å². The van der Waals surface area contributed by atoms with Gasteiger partial charge in [-0.15, -0.1) is 0 Å². The zero-order valence-electron chi connectivity index (χ0n) is 17.0. The van der Waals surface area contributed by atoms with Crippen molar-refractivity contribution in [3.63, 3.8) is 0 Å². The minimum absolute atomic E-state index is 0.0114. The topological polar surface area (TPSA) is 145 Å². The summed E-state index contributed by atoms with van der Waals surface area (Å²) in [5.41, 5.74) is 2.98. The summed E-state index contributed by atoms with van der Waals surface area (Å²) in [4.78, 5) is 20.2. The van der Waals surface area contributed by atoms with Crippen LogP contribution in [0.3, 0.4) is 0 Å². The largest absolute Gasteiger partial charge is 0.484 e. The van der Waals surface area contributed by atoms with E-state index in [0.717, 1.165) is 17.4 Å². The number of carbonyl (C=O) groups is 1. The van der Waals surface area contributed by atoms with Crippen molar-refractivity contribution in [2.24, 2.45) is 0 Å². The van der Waals surface area contributed by atoms with E-state index in [4.69, 9.17) is 14.5 Å². The minimum atomic E-state index is -3.74. The molecule has 0 radical (unpaired) electrons. The molecular formula is C20H22N4O6S. The van der Waals surface area contributed by atoms with E-state index in [9.17, 15) is 13.2 Å². The number of aromatic nitrogens is 3. The molecule has 31 heavy (non-hydrogen) atoms. The van der Waals surface area contributed by atoms with Crippen LogP contribution in [0.15, 0.2) is 53.3 Å². The lowest BCUT2D eigenvalue weighted by Crippen LogP contribution is -2.49. The Hall–Kier alpha value is -3.31. The van der Waals surface area contributed by atoms with Crippen LogP contribution >= 0.6 is 0 Å². The van der Waals surface area contributed by atoms with Gasteiger partial charge < -0.3 is 9.26 Å². The smallest absolute Gasteiger partial charge is 0.264 e. The number of carbonyl (C=O) groups excluding carboxylic acids is 1. The predicted octanol–water partition coefficient (Wildman–Crippen LogP) is 1.95. The zero-order chi connectivity index (χ0) is 22.5. The van der Waals surface area contributed by atoms with Crippen molar-refractivity contribution in [2.45, 2.75) is 31.1 Å². The Morgan fingerprint density at radius 2 is 2.00 bits per heavy atom. The van der Waals surface area contributed by atoms with Crippen LogP contribution in [0.5, 0.6) is 5.75 Å². The van der Waals surface area contributed by atoms with Crippen LogP contribution in [-0.4, -0.2) is 45.7 Å². The van der Waals surface area contributed by atoms with E-state index in [-0.39, 0.29) is 13.0 Å². The molecule has 0 aliphatic heterocycles. The first-order valence-corrected chi connectivity index (χ1v) is 11.2. The fraction of sp³-hybridized carbons (Fsp3) is 0.300. The average Bonchev–Trinajstić information content (AvgIpc) is 3.25. The summed E-state index contributed by atoms with van der Waals surface area (Å²) in [5.74, 6) is 0.328. The number of nitrogens with zero attached hydrogens (tertiary/aromatic N) is 3. The molecule has 2 N–H and O–H groups in total. The highest BCUT2D eigenvalue weighted by Gasteiger charge is 2.43. The summed E-state index contributed by atoms with van der Waals surface area (Å²) in [6, 6.07) is 10.6. The molecule has 3 rings (SSSR count). The Balaban J connectivity index is 1.58. The zero-order valence-corrected chi connectivity index (χ0v) is 17.8. The van der Waals surface area contributed by atoms with Crippen molar-refractivity contribution < 1.29 is 27.7 Å². The van der Waals surface area contributed by atoms with E-state index < -0.39 is 20.5 Å². The van der Waals surface area contributed by atoms with Crippen molar-refractivity contribution in [1.29, 1.82) is 0 Å². The van der Waals surface area contributed by atoms with E-state index in [0.29, 0.717) is 23.9 Å². The summed E-state index contributed by atoms with van der Waals surface area (Å²) >= 11 is 0. The van der Waals surface area contributed by atoms with Gasteiger partial charge in [0, 0.05) is 24.2 Å². The van der Waals surface area contributed by atoms with Crippen molar-refractivity contribution >= 4 is 15.7 Å². The number of pyridine rings is 1. The molecule has 0 fully saturated rings. The summed E-state index contributed by atoms with van der Waals surface area (Å²) in [6.45, 7) is 1.37.